The van der Waals surface area contributed by atoms with E-state index in [2.05, 4.69) is 88.1 Å². The van der Waals surface area contributed by atoms with Crippen LogP contribution < -0.4 is 10.2 Å². The van der Waals surface area contributed by atoms with Crippen LogP contribution in [0.25, 0.3) is 0 Å². The molecule has 0 saturated heterocycles. The second-order valence-electron chi connectivity index (χ2n) is 23.6. The fourth-order valence-corrected chi connectivity index (χ4v) is 10.9. The molecule has 3 rings (SSSR count). The third-order valence-corrected chi connectivity index (χ3v) is 16.0. The number of aliphatic imine (C=N–C) groups is 2. The van der Waals surface area contributed by atoms with Crippen LogP contribution >= 0.6 is 0 Å². The van der Waals surface area contributed by atoms with Gasteiger partial charge < -0.3 is 10.2 Å². The monoisotopic (exact) mass is 1140 g/mol. The topological polar surface area (TPSA) is 70.8 Å². The first-order valence-corrected chi connectivity index (χ1v) is 34.2. The molecule has 3 aromatic rings. The van der Waals surface area contributed by atoms with Crippen LogP contribution in [-0.4, -0.2) is 11.4 Å². The predicted molar refractivity (Wildman–Crippen MR) is 347 cm³/mol. The van der Waals surface area contributed by atoms with E-state index in [0.717, 1.165) is 66.0 Å². The van der Waals surface area contributed by atoms with E-state index in [9.17, 15) is 10.2 Å². The number of benzene rings is 3. The molecule has 0 N–H and O–H groups in total. The fourth-order valence-electron chi connectivity index (χ4n) is 10.9. The zero-order valence-corrected chi connectivity index (χ0v) is 53.8. The molecular formula is C75H122N2NiO2. The largest absolute Gasteiger partial charge is 2.00 e. The molecule has 454 valence electrons. The minimum absolute atomic E-state index is 0. The summed E-state index contributed by atoms with van der Waals surface area (Å²) in [6.07, 6.45) is 64.7. The van der Waals surface area contributed by atoms with Crippen LogP contribution in [-0.2, 0) is 29.3 Å². The van der Waals surface area contributed by atoms with E-state index in [1.807, 2.05) is 6.92 Å². The van der Waals surface area contributed by atoms with E-state index >= 15 is 0 Å². The van der Waals surface area contributed by atoms with Gasteiger partial charge in [0.25, 0.3) is 0 Å². The summed E-state index contributed by atoms with van der Waals surface area (Å²) in [4.78, 5) is 10.5. The second-order valence-corrected chi connectivity index (χ2v) is 23.6. The Morgan fingerprint density at radius 1 is 0.350 bits per heavy atom. The molecule has 4 nitrogen and oxygen atoms in total. The average molecular weight is 1140 g/mol. The third kappa shape index (κ3) is 43.4. The normalized spacial score (nSPS) is 11.5. The van der Waals surface area contributed by atoms with Gasteiger partial charge in [0.05, 0.1) is 22.8 Å². The molecule has 5 heteroatoms. The maximum Gasteiger partial charge on any atom is 2.00 e. The van der Waals surface area contributed by atoms with Crippen molar-refractivity contribution in [1.29, 1.82) is 0 Å². The average Bonchev–Trinajstić information content (AvgIpc) is 3.46. The van der Waals surface area contributed by atoms with Gasteiger partial charge in [-0.05, 0) is 86.4 Å². The molecule has 0 aliphatic carbocycles. The smallest absolute Gasteiger partial charge is 0.873 e. The van der Waals surface area contributed by atoms with Crippen LogP contribution in [0, 0.1) is 11.8 Å². The van der Waals surface area contributed by atoms with Gasteiger partial charge in [0.2, 0.25) is 0 Å². The summed E-state index contributed by atoms with van der Waals surface area (Å²) in [7, 11) is 0. The number of hydrogen-bond donors (Lipinski definition) is 0. The molecule has 0 heterocycles. The van der Waals surface area contributed by atoms with Gasteiger partial charge in [-0.1, -0.05) is 340 Å². The van der Waals surface area contributed by atoms with Crippen LogP contribution in [0.3, 0.4) is 0 Å². The molecule has 80 heavy (non-hydrogen) atoms. The number of hydrogen-bond acceptors (Lipinski definition) is 4. The van der Waals surface area contributed by atoms with E-state index in [-0.39, 0.29) is 16.5 Å². The molecule has 0 spiro atoms. The van der Waals surface area contributed by atoms with Crippen LogP contribution in [0.4, 0.5) is 11.4 Å². The van der Waals surface area contributed by atoms with E-state index in [0.29, 0.717) is 0 Å². The molecule has 0 radical (unpaired) electrons. The molecule has 0 amide bonds. The van der Waals surface area contributed by atoms with Gasteiger partial charge in [0.1, 0.15) is 0 Å². The Balaban J connectivity index is 0.00000236. The first kappa shape index (κ1) is 74.7. The zero-order chi connectivity index (χ0) is 56.7. The molecule has 0 fully saturated rings. The number of unbranched alkanes of at least 4 members (excludes halogenated alkanes) is 40. The molecule has 0 aliphatic rings. The SMILES string of the molecule is CCCCCCCCCCCCCCCCCCCCCCCCCCCC#Cc1cccc(N=C(CC)C(CCCCCCCC)=Nc2ccc(CCCCCCCCCCCCC)cc2)c1.CCCc1ccc([O-])c([O-])c1.[Ni+2]. The van der Waals surface area contributed by atoms with Gasteiger partial charge in [-0.15, -0.1) is 11.5 Å². The Hall–Kier alpha value is -3.35. The summed E-state index contributed by atoms with van der Waals surface area (Å²) in [5, 5.41) is 21.5. The van der Waals surface area contributed by atoms with Crippen molar-refractivity contribution in [2.75, 3.05) is 0 Å². The standard InChI is InChI=1S/C66H112N2.C9H12O2.Ni/c1-5-9-12-15-18-20-22-23-24-25-26-27-28-29-30-31-32-33-34-35-36-37-39-41-43-45-48-52-62-53-50-54-64(60-62)68-65(8-4)66(55-49-46-17-14-11-7-3)67-63-58-56-61(57-59-63)51-47-44-42-40-38-21-19-16-13-10-6-2;1-2-3-7-4-5-8(10)9(11)6-7;/h50,53-54,56-60H,5-47,49,51,55H2,1-4H3;4-6,10-11H,2-3H2,1H3;/q;;+2/p-2. The Morgan fingerprint density at radius 2 is 0.750 bits per heavy atom. The summed E-state index contributed by atoms with van der Waals surface area (Å²) >= 11 is 0. The molecule has 0 bridgehead atoms. The first-order chi connectivity index (χ1) is 38.9. The van der Waals surface area contributed by atoms with E-state index in [1.165, 1.54) is 294 Å². The van der Waals surface area contributed by atoms with Crippen molar-refractivity contribution in [2.24, 2.45) is 9.98 Å². The van der Waals surface area contributed by atoms with E-state index in [1.54, 1.807) is 6.07 Å². The van der Waals surface area contributed by atoms with Crippen LogP contribution in [0.15, 0.2) is 76.7 Å². The Morgan fingerprint density at radius 3 is 1.18 bits per heavy atom. The molecule has 0 atom stereocenters. The number of nitrogens with zero attached hydrogens (tertiary/aromatic N) is 2. The third-order valence-electron chi connectivity index (χ3n) is 16.0. The van der Waals surface area contributed by atoms with Crippen molar-refractivity contribution >= 4 is 22.8 Å². The molecule has 0 aromatic heterocycles. The van der Waals surface area contributed by atoms with Crippen molar-refractivity contribution in [3.63, 3.8) is 0 Å². The first-order valence-electron chi connectivity index (χ1n) is 34.2. The summed E-state index contributed by atoms with van der Waals surface area (Å²) in [5.41, 5.74) is 7.80. The summed E-state index contributed by atoms with van der Waals surface area (Å²) in [6, 6.07) is 22.1. The van der Waals surface area contributed by atoms with E-state index < -0.39 is 11.5 Å². The second kappa shape index (κ2) is 56.2. The summed E-state index contributed by atoms with van der Waals surface area (Å²) in [5.74, 6) is 6.14. The van der Waals surface area contributed by atoms with Gasteiger partial charge in [0.15, 0.2) is 0 Å². The van der Waals surface area contributed by atoms with Gasteiger partial charge >= 0.3 is 16.5 Å². The van der Waals surface area contributed by atoms with Crippen molar-refractivity contribution in [2.45, 2.75) is 343 Å². The van der Waals surface area contributed by atoms with Gasteiger partial charge in [-0.3, -0.25) is 9.98 Å². The Bertz CT molecular complexity index is 1960. The van der Waals surface area contributed by atoms with Gasteiger partial charge in [0, 0.05) is 12.0 Å². The quantitative estimate of drug-likeness (QED) is 0.0245. The molecule has 0 saturated carbocycles. The minimum atomic E-state index is -0.412. The molecule has 0 aliphatic heterocycles. The Kier molecular flexibility index (Phi) is 52.4. The molecule has 0 unspecified atom stereocenters. The predicted octanol–water partition coefficient (Wildman–Crippen LogP) is 23.8. The Labute approximate surface area is 506 Å². The molecule has 3 aromatic carbocycles. The maximum absolute atomic E-state index is 10.8. The van der Waals surface area contributed by atoms with Crippen molar-refractivity contribution in [3.05, 3.63) is 83.4 Å². The summed E-state index contributed by atoms with van der Waals surface area (Å²) < 4.78 is 0. The van der Waals surface area contributed by atoms with Gasteiger partial charge in [-0.25, -0.2) is 0 Å². The van der Waals surface area contributed by atoms with Crippen molar-refractivity contribution in [3.8, 4) is 23.3 Å². The zero-order valence-electron chi connectivity index (χ0n) is 52.8. The fraction of sp³-hybridized carbons (Fsp3) is 0.707. The van der Waals surface area contributed by atoms with Crippen molar-refractivity contribution in [1.82, 2.24) is 0 Å². The van der Waals surface area contributed by atoms with Gasteiger partial charge in [-0.2, -0.15) is 0 Å². The van der Waals surface area contributed by atoms with Crippen LogP contribution in [0.5, 0.6) is 11.5 Å². The van der Waals surface area contributed by atoms with Crippen molar-refractivity contribution < 1.29 is 26.7 Å². The van der Waals surface area contributed by atoms with E-state index in [4.69, 9.17) is 9.98 Å². The number of rotatable bonds is 50. The van der Waals surface area contributed by atoms with Crippen LogP contribution in [0.1, 0.15) is 347 Å². The maximum atomic E-state index is 10.8. The molecular weight excluding hydrogens is 1020 g/mol. The summed E-state index contributed by atoms with van der Waals surface area (Å²) in [6.45, 7) is 11.2. The number of aryl methyl sites for hydroxylation is 2. The minimum Gasteiger partial charge on any atom is -0.873 e. The van der Waals surface area contributed by atoms with Crippen LogP contribution in [0.2, 0.25) is 0 Å².